The largest absolute Gasteiger partial charge is 0.339 e. The molecule has 1 unspecified atom stereocenters. The lowest BCUT2D eigenvalue weighted by atomic mass is 9.93. The fourth-order valence-electron chi connectivity index (χ4n) is 5.60. The minimum atomic E-state index is -0.446. The van der Waals surface area contributed by atoms with Crippen molar-refractivity contribution < 1.29 is 9.59 Å². The van der Waals surface area contributed by atoms with Crippen LogP contribution in [0.15, 0.2) is 54.6 Å². The van der Waals surface area contributed by atoms with Crippen molar-refractivity contribution >= 4 is 17.6 Å². The van der Waals surface area contributed by atoms with E-state index in [9.17, 15) is 9.59 Å². The van der Waals surface area contributed by atoms with E-state index >= 15 is 0 Å². The lowest BCUT2D eigenvalue weighted by Crippen LogP contribution is -2.58. The molecule has 1 aliphatic carbocycles. The Bertz CT molecular complexity index is 1030. The summed E-state index contributed by atoms with van der Waals surface area (Å²) in [6.45, 7) is 7.43. The zero-order valence-corrected chi connectivity index (χ0v) is 20.9. The number of unbranched alkanes of at least 4 members (excludes halogenated alkanes) is 1. The van der Waals surface area contributed by atoms with Crippen molar-refractivity contribution in [2.45, 2.75) is 51.5 Å². The van der Waals surface area contributed by atoms with Crippen LogP contribution in [0.4, 0.5) is 10.5 Å². The summed E-state index contributed by atoms with van der Waals surface area (Å²) in [5, 5.41) is 3.00. The summed E-state index contributed by atoms with van der Waals surface area (Å²) < 4.78 is 0. The van der Waals surface area contributed by atoms with Gasteiger partial charge < -0.3 is 20.0 Å². The number of carbonyl (C=O) groups excluding carboxylic acids is 2. The molecule has 3 aliphatic rings. The van der Waals surface area contributed by atoms with Gasteiger partial charge in [-0.2, -0.15) is 0 Å². The third kappa shape index (κ3) is 5.69. The number of carbonyl (C=O) groups is 2. The summed E-state index contributed by atoms with van der Waals surface area (Å²) in [6.07, 6.45) is 7.81. The summed E-state index contributed by atoms with van der Waals surface area (Å²) in [4.78, 5) is 32.2. The molecule has 35 heavy (non-hydrogen) atoms. The maximum atomic E-state index is 13.0. The van der Waals surface area contributed by atoms with Crippen LogP contribution in [0.3, 0.4) is 0 Å². The summed E-state index contributed by atoms with van der Waals surface area (Å²) in [5.74, 6) is 0.0538. The molecule has 2 aromatic rings. The number of likely N-dealkylation sites (tertiary alicyclic amines) is 1. The zero-order chi connectivity index (χ0) is 24.3. The fraction of sp³-hybridized carbons (Fsp3) is 0.517. The van der Waals surface area contributed by atoms with Gasteiger partial charge in [0.15, 0.2) is 0 Å². The molecule has 2 aromatic carbocycles. The number of piperazine rings is 1. The first-order chi connectivity index (χ1) is 17.0. The molecule has 3 fully saturated rings. The monoisotopic (exact) mass is 474 g/mol. The van der Waals surface area contributed by atoms with Gasteiger partial charge in [0.2, 0.25) is 5.91 Å². The zero-order valence-electron chi connectivity index (χ0n) is 20.9. The second-order valence-electron chi connectivity index (χ2n) is 10.6. The van der Waals surface area contributed by atoms with E-state index in [1.54, 1.807) is 4.90 Å². The van der Waals surface area contributed by atoms with Crippen LogP contribution in [-0.2, 0) is 4.79 Å². The predicted octanol–water partition coefficient (Wildman–Crippen LogP) is 5.07. The van der Waals surface area contributed by atoms with Crippen molar-refractivity contribution in [3.05, 3.63) is 54.6 Å². The van der Waals surface area contributed by atoms with Crippen LogP contribution < -0.4 is 5.32 Å². The van der Waals surface area contributed by atoms with Gasteiger partial charge >= 0.3 is 6.03 Å². The number of amides is 3. The van der Waals surface area contributed by atoms with Crippen LogP contribution in [0, 0.1) is 5.41 Å². The molecule has 1 spiro atoms. The van der Waals surface area contributed by atoms with Gasteiger partial charge in [-0.3, -0.25) is 4.79 Å². The highest BCUT2D eigenvalue weighted by atomic mass is 16.2. The molecule has 0 aromatic heterocycles. The number of anilines is 1. The van der Waals surface area contributed by atoms with Gasteiger partial charge in [-0.15, -0.1) is 0 Å². The number of urea groups is 1. The van der Waals surface area contributed by atoms with Crippen molar-refractivity contribution in [2.75, 3.05) is 44.6 Å². The number of hydrogen-bond acceptors (Lipinski definition) is 3. The van der Waals surface area contributed by atoms with Crippen molar-refractivity contribution in [3.63, 3.8) is 0 Å². The number of nitrogens with one attached hydrogen (secondary N) is 1. The lowest BCUT2D eigenvalue weighted by Gasteiger charge is -2.39. The molecule has 5 rings (SSSR count). The van der Waals surface area contributed by atoms with E-state index < -0.39 is 6.04 Å². The number of piperidine rings is 1. The van der Waals surface area contributed by atoms with Crippen LogP contribution in [0.1, 0.15) is 45.4 Å². The molecule has 1 N–H and O–H groups in total. The quantitative estimate of drug-likeness (QED) is 0.570. The number of rotatable bonds is 7. The lowest BCUT2D eigenvalue weighted by molar-refractivity contribution is -0.139. The van der Waals surface area contributed by atoms with Gasteiger partial charge in [-0.05, 0) is 93.8 Å². The first kappa shape index (κ1) is 23.9. The topological polar surface area (TPSA) is 55.9 Å². The van der Waals surface area contributed by atoms with Gasteiger partial charge in [-0.25, -0.2) is 4.79 Å². The van der Waals surface area contributed by atoms with E-state index in [0.717, 1.165) is 48.2 Å². The smallest absolute Gasteiger partial charge is 0.322 e. The maximum absolute atomic E-state index is 13.0. The molecule has 0 bridgehead atoms. The average molecular weight is 475 g/mol. The van der Waals surface area contributed by atoms with Gasteiger partial charge in [0.25, 0.3) is 0 Å². The Kier molecular flexibility index (Phi) is 7.09. The second-order valence-corrected chi connectivity index (χ2v) is 10.6. The Hall–Kier alpha value is -2.86. The van der Waals surface area contributed by atoms with E-state index in [1.807, 2.05) is 54.3 Å². The summed E-state index contributed by atoms with van der Waals surface area (Å²) in [5.41, 5.74) is 3.63. The highest BCUT2D eigenvalue weighted by Crippen LogP contribution is 2.53. The van der Waals surface area contributed by atoms with Crippen LogP contribution in [0.2, 0.25) is 0 Å². The molecule has 2 saturated heterocycles. The summed E-state index contributed by atoms with van der Waals surface area (Å²) in [7, 11) is 0. The number of benzene rings is 2. The van der Waals surface area contributed by atoms with Crippen molar-refractivity contribution in [1.29, 1.82) is 0 Å². The van der Waals surface area contributed by atoms with Crippen LogP contribution in [0.5, 0.6) is 0 Å². The Balaban J connectivity index is 1.07. The molecular weight excluding hydrogens is 436 g/mol. The second kappa shape index (κ2) is 10.4. The molecule has 1 atom stereocenters. The maximum Gasteiger partial charge on any atom is 0.322 e. The van der Waals surface area contributed by atoms with Crippen molar-refractivity contribution in [1.82, 2.24) is 14.7 Å². The summed E-state index contributed by atoms with van der Waals surface area (Å²) in [6, 6.07) is 17.3. The Morgan fingerprint density at radius 1 is 0.886 bits per heavy atom. The molecule has 6 heteroatoms. The first-order valence-electron chi connectivity index (χ1n) is 13.3. The van der Waals surface area contributed by atoms with Gasteiger partial charge in [0.1, 0.15) is 6.04 Å². The van der Waals surface area contributed by atoms with E-state index in [-0.39, 0.29) is 11.9 Å². The Morgan fingerprint density at radius 2 is 1.60 bits per heavy atom. The first-order valence-corrected chi connectivity index (χ1v) is 13.3. The molecule has 186 valence electrons. The Labute approximate surface area is 209 Å². The fourth-order valence-corrected chi connectivity index (χ4v) is 5.60. The number of nitrogens with zero attached hydrogens (tertiary/aromatic N) is 3. The van der Waals surface area contributed by atoms with E-state index in [2.05, 4.69) is 22.3 Å². The molecule has 2 heterocycles. The molecule has 1 saturated carbocycles. The van der Waals surface area contributed by atoms with Crippen molar-refractivity contribution in [3.8, 4) is 11.1 Å². The summed E-state index contributed by atoms with van der Waals surface area (Å²) >= 11 is 0. The minimum absolute atomic E-state index is 0.0538. The minimum Gasteiger partial charge on any atom is -0.339 e. The van der Waals surface area contributed by atoms with Crippen molar-refractivity contribution in [2.24, 2.45) is 5.41 Å². The van der Waals surface area contributed by atoms with Crippen LogP contribution in [0.25, 0.3) is 11.1 Å². The highest BCUT2D eigenvalue weighted by molar-refractivity contribution is 5.94. The molecule has 2 aliphatic heterocycles. The third-order valence-electron chi connectivity index (χ3n) is 8.26. The molecule has 0 radical (unpaired) electrons. The molecular formula is C29H38N4O2. The average Bonchev–Trinajstić information content (AvgIpc) is 3.65. The SMILES string of the molecule is CC1C(=O)N(CCCCN2CCC3(CC2)CC3)CCN1C(=O)Nc1cccc(-c2ccccc2)c1. The number of hydrogen-bond donors (Lipinski definition) is 1. The standard InChI is InChI=1S/C29H38N4O2/c1-23-27(34)32(17-6-5-16-31-18-14-29(12-13-29)15-19-31)20-21-33(23)28(35)30-26-11-7-10-25(22-26)24-8-3-2-4-9-24/h2-4,7-11,22-23H,5-6,12-21H2,1H3,(H,30,35). The molecule has 6 nitrogen and oxygen atoms in total. The third-order valence-corrected chi connectivity index (χ3v) is 8.26. The van der Waals surface area contributed by atoms with E-state index in [0.29, 0.717) is 13.1 Å². The highest BCUT2D eigenvalue weighted by Gasteiger charge is 2.44. The van der Waals surface area contributed by atoms with Crippen LogP contribution >= 0.6 is 0 Å². The van der Waals surface area contributed by atoms with Crippen LogP contribution in [-0.4, -0.2) is 71.9 Å². The van der Waals surface area contributed by atoms with Gasteiger partial charge in [0, 0.05) is 25.3 Å². The van der Waals surface area contributed by atoms with Gasteiger partial charge in [0.05, 0.1) is 0 Å². The normalized spacial score (nSPS) is 21.9. The van der Waals surface area contributed by atoms with E-state index in [4.69, 9.17) is 0 Å². The Morgan fingerprint density at radius 3 is 2.34 bits per heavy atom. The van der Waals surface area contributed by atoms with E-state index in [1.165, 1.54) is 38.8 Å². The predicted molar refractivity (Wildman–Crippen MR) is 140 cm³/mol. The van der Waals surface area contributed by atoms with Gasteiger partial charge in [-0.1, -0.05) is 42.5 Å². The molecule has 3 amide bonds.